The third kappa shape index (κ3) is 2.86. The molecule has 7 nitrogen and oxygen atoms in total. The van der Waals surface area contributed by atoms with E-state index < -0.39 is 7.12 Å². The minimum atomic E-state index is -0.983. The molecule has 0 bridgehead atoms. The van der Waals surface area contributed by atoms with E-state index >= 15 is 0 Å². The summed E-state index contributed by atoms with van der Waals surface area (Å²) in [4.78, 5) is 21.5. The number of H-pyrrole nitrogens is 1. The van der Waals surface area contributed by atoms with Gasteiger partial charge in [-0.2, -0.15) is 0 Å². The maximum absolute atomic E-state index is 12.2. The average Bonchev–Trinajstić information content (AvgIpc) is 3.27. The highest BCUT2D eigenvalue weighted by Gasteiger charge is 2.35. The summed E-state index contributed by atoms with van der Waals surface area (Å²) < 4.78 is 5.54. The topological polar surface area (TPSA) is 90.5 Å². The molecule has 1 atom stereocenters. The highest BCUT2D eigenvalue weighted by atomic mass is 16.5. The third-order valence-electron chi connectivity index (χ3n) is 4.85. The van der Waals surface area contributed by atoms with Crippen molar-refractivity contribution in [3.05, 3.63) is 30.0 Å². The van der Waals surface area contributed by atoms with E-state index in [1.54, 1.807) is 12.2 Å². The number of rotatable bonds is 3. The van der Waals surface area contributed by atoms with Gasteiger partial charge in [0.05, 0.1) is 6.20 Å². The lowest BCUT2D eigenvalue weighted by molar-refractivity contribution is 0.208. The van der Waals surface area contributed by atoms with Crippen molar-refractivity contribution < 1.29 is 14.5 Å². The van der Waals surface area contributed by atoms with Crippen LogP contribution in [0.25, 0.3) is 16.6 Å². The first-order valence-corrected chi connectivity index (χ1v) is 8.73. The van der Waals surface area contributed by atoms with Crippen molar-refractivity contribution in [1.82, 2.24) is 20.2 Å². The molecule has 0 radical (unpaired) electrons. The number of likely N-dealkylation sites (tertiary alicyclic amines) is 1. The van der Waals surface area contributed by atoms with Gasteiger partial charge in [-0.25, -0.2) is 9.78 Å². The molecule has 2 aliphatic heterocycles. The fourth-order valence-electron chi connectivity index (χ4n) is 3.66. The van der Waals surface area contributed by atoms with Gasteiger partial charge < -0.3 is 24.9 Å². The molecule has 4 rings (SSSR count). The van der Waals surface area contributed by atoms with E-state index in [9.17, 15) is 9.82 Å². The standard InChI is InChI=1S/C17H21BN4O3/c1-2-5-20-17(23)22-7-4-11(10-22)13-8-18(24)25-14-9-21-16-12(15(13)14)3-6-19-16/h3,6,8-9,11,24H,2,4-5,7,10H2,1H3,(H,19,21)(H,20,23). The summed E-state index contributed by atoms with van der Waals surface area (Å²) in [6.07, 6.45) is 5.28. The van der Waals surface area contributed by atoms with Gasteiger partial charge in [-0.1, -0.05) is 6.92 Å². The fraction of sp³-hybridized carbons (Fsp3) is 0.412. The highest BCUT2D eigenvalue weighted by molar-refractivity contribution is 6.52. The van der Waals surface area contributed by atoms with Gasteiger partial charge >= 0.3 is 13.1 Å². The van der Waals surface area contributed by atoms with Crippen LogP contribution in [0, 0.1) is 5.92 Å². The van der Waals surface area contributed by atoms with Crippen LogP contribution in [0.1, 0.15) is 25.3 Å². The summed E-state index contributed by atoms with van der Waals surface area (Å²) in [6, 6.07) is 1.95. The number of pyridine rings is 1. The maximum atomic E-state index is 12.2. The van der Waals surface area contributed by atoms with Gasteiger partial charge in [0, 0.05) is 42.7 Å². The molecule has 2 aromatic heterocycles. The summed E-state index contributed by atoms with van der Waals surface area (Å²) in [5, 5.41) is 14.0. The zero-order valence-electron chi connectivity index (χ0n) is 14.2. The fourth-order valence-corrected chi connectivity index (χ4v) is 3.66. The van der Waals surface area contributed by atoms with Crippen molar-refractivity contribution in [3.63, 3.8) is 0 Å². The Kier molecular flexibility index (Phi) is 4.13. The van der Waals surface area contributed by atoms with Crippen LogP contribution in [0.3, 0.4) is 0 Å². The number of aromatic nitrogens is 2. The Bertz CT molecular complexity index is 834. The van der Waals surface area contributed by atoms with Crippen molar-refractivity contribution in [2.75, 3.05) is 19.6 Å². The smallest absolute Gasteiger partial charge is 0.531 e. The Morgan fingerprint density at radius 3 is 3.32 bits per heavy atom. The second kappa shape index (κ2) is 6.44. The molecule has 4 heterocycles. The van der Waals surface area contributed by atoms with E-state index in [4.69, 9.17) is 4.65 Å². The van der Waals surface area contributed by atoms with Crippen molar-refractivity contribution >= 4 is 29.8 Å². The summed E-state index contributed by atoms with van der Waals surface area (Å²) >= 11 is 0. The minimum Gasteiger partial charge on any atom is -0.531 e. The van der Waals surface area contributed by atoms with Crippen LogP contribution in [0.4, 0.5) is 4.79 Å². The van der Waals surface area contributed by atoms with Crippen molar-refractivity contribution in [1.29, 1.82) is 0 Å². The van der Waals surface area contributed by atoms with Gasteiger partial charge in [0.15, 0.2) is 0 Å². The molecule has 2 aromatic rings. The summed E-state index contributed by atoms with van der Waals surface area (Å²) in [7, 11) is -0.983. The number of carbonyl (C=O) groups excluding carboxylic acids is 1. The summed E-state index contributed by atoms with van der Waals surface area (Å²) in [5.74, 6) is 2.52. The molecular weight excluding hydrogens is 319 g/mol. The number of carbonyl (C=O) groups is 1. The van der Waals surface area contributed by atoms with Crippen molar-refractivity contribution in [3.8, 4) is 5.75 Å². The van der Waals surface area contributed by atoms with E-state index in [2.05, 4.69) is 15.3 Å². The van der Waals surface area contributed by atoms with Gasteiger partial charge in [-0.15, -0.1) is 0 Å². The van der Waals surface area contributed by atoms with E-state index in [0.717, 1.165) is 35.0 Å². The maximum Gasteiger partial charge on any atom is 0.552 e. The monoisotopic (exact) mass is 340 g/mol. The van der Waals surface area contributed by atoms with E-state index in [1.165, 1.54) is 0 Å². The summed E-state index contributed by atoms with van der Waals surface area (Å²) in [6.45, 7) is 4.08. The molecule has 2 amide bonds. The Morgan fingerprint density at radius 2 is 2.48 bits per heavy atom. The first kappa shape index (κ1) is 16.0. The zero-order chi connectivity index (χ0) is 17.4. The molecule has 2 aliphatic rings. The lowest BCUT2D eigenvalue weighted by Crippen LogP contribution is -2.39. The Balaban J connectivity index is 1.63. The van der Waals surface area contributed by atoms with Crippen LogP contribution in [-0.2, 0) is 0 Å². The quantitative estimate of drug-likeness (QED) is 0.743. The highest BCUT2D eigenvalue weighted by Crippen LogP contribution is 2.41. The van der Waals surface area contributed by atoms with Crippen LogP contribution in [0.5, 0.6) is 5.75 Å². The number of nitrogens with zero attached hydrogens (tertiary/aromatic N) is 2. The zero-order valence-corrected chi connectivity index (χ0v) is 14.2. The molecule has 1 fully saturated rings. The minimum absolute atomic E-state index is 0.0145. The largest absolute Gasteiger partial charge is 0.552 e. The number of hydrogen-bond acceptors (Lipinski definition) is 4. The Labute approximate surface area is 146 Å². The van der Waals surface area contributed by atoms with E-state index in [-0.39, 0.29) is 11.9 Å². The molecule has 0 spiro atoms. The molecule has 130 valence electrons. The van der Waals surface area contributed by atoms with Gasteiger partial charge in [-0.3, -0.25) is 0 Å². The van der Waals surface area contributed by atoms with Gasteiger partial charge in [0.2, 0.25) is 0 Å². The normalized spacial score (nSPS) is 19.6. The average molecular weight is 340 g/mol. The first-order chi connectivity index (χ1) is 12.2. The van der Waals surface area contributed by atoms with Gasteiger partial charge in [0.1, 0.15) is 11.4 Å². The Morgan fingerprint density at radius 1 is 1.60 bits per heavy atom. The van der Waals surface area contributed by atoms with Crippen LogP contribution < -0.4 is 9.97 Å². The van der Waals surface area contributed by atoms with Crippen LogP contribution in [0.2, 0.25) is 0 Å². The molecule has 0 saturated carbocycles. The second-order valence-electron chi connectivity index (χ2n) is 6.53. The number of urea groups is 1. The number of nitrogens with one attached hydrogen (secondary N) is 2. The van der Waals surface area contributed by atoms with Crippen LogP contribution in [-0.4, -0.2) is 52.7 Å². The second-order valence-corrected chi connectivity index (χ2v) is 6.53. The molecule has 0 aromatic carbocycles. The molecular formula is C17H21BN4O3. The van der Waals surface area contributed by atoms with E-state index in [1.807, 2.05) is 24.1 Å². The predicted molar refractivity (Wildman–Crippen MR) is 96.0 cm³/mol. The summed E-state index contributed by atoms with van der Waals surface area (Å²) in [5.41, 5.74) is 2.80. The van der Waals surface area contributed by atoms with E-state index in [0.29, 0.717) is 25.4 Å². The molecule has 0 aliphatic carbocycles. The number of fused-ring (bicyclic) bond motifs is 3. The van der Waals surface area contributed by atoms with Gasteiger partial charge in [-0.05, 0) is 30.5 Å². The number of hydrogen-bond donors (Lipinski definition) is 3. The van der Waals surface area contributed by atoms with Crippen LogP contribution >= 0.6 is 0 Å². The van der Waals surface area contributed by atoms with Crippen LogP contribution in [0.15, 0.2) is 24.4 Å². The number of amides is 2. The molecule has 25 heavy (non-hydrogen) atoms. The lowest BCUT2D eigenvalue weighted by atomic mass is 9.77. The van der Waals surface area contributed by atoms with Gasteiger partial charge in [0.25, 0.3) is 0 Å². The lowest BCUT2D eigenvalue weighted by Gasteiger charge is -2.25. The predicted octanol–water partition coefficient (Wildman–Crippen LogP) is 1.80. The third-order valence-corrected chi connectivity index (χ3v) is 4.85. The molecule has 1 saturated heterocycles. The SMILES string of the molecule is CCCNC(=O)N1CCC(C2=CB(O)Oc3cnc4[nH]ccc4c32)C1. The Hall–Kier alpha value is -2.48. The number of aromatic amines is 1. The molecule has 3 N–H and O–H groups in total. The van der Waals surface area contributed by atoms with Crippen molar-refractivity contribution in [2.45, 2.75) is 19.8 Å². The molecule has 1 unspecified atom stereocenters. The molecule has 8 heteroatoms. The van der Waals surface area contributed by atoms with Crippen molar-refractivity contribution in [2.24, 2.45) is 5.92 Å². The first-order valence-electron chi connectivity index (χ1n) is 8.73.